The minimum absolute atomic E-state index is 0.0151. The van der Waals surface area contributed by atoms with Gasteiger partial charge in [-0.05, 0) is 49.4 Å². The summed E-state index contributed by atoms with van der Waals surface area (Å²) in [6.45, 7) is 1.43. The number of amides is 1. The second kappa shape index (κ2) is 8.95. The minimum Gasteiger partial charge on any atom is -0.493 e. The molecule has 1 heterocycles. The summed E-state index contributed by atoms with van der Waals surface area (Å²) in [6.07, 6.45) is 4.09. The number of carbonyl (C=O) groups excluding carboxylic acids is 1. The molecule has 0 radical (unpaired) electrons. The fourth-order valence-electron chi connectivity index (χ4n) is 3.18. The molecule has 29 heavy (non-hydrogen) atoms. The van der Waals surface area contributed by atoms with Crippen LogP contribution in [0, 0.1) is 5.92 Å². The molecule has 5 nitrogen and oxygen atoms in total. The molecule has 5 heteroatoms. The van der Waals surface area contributed by atoms with Gasteiger partial charge >= 0.3 is 0 Å². The van der Waals surface area contributed by atoms with Gasteiger partial charge in [0.15, 0.2) is 0 Å². The smallest absolute Gasteiger partial charge is 0.253 e. The van der Waals surface area contributed by atoms with Crippen LogP contribution in [0.1, 0.15) is 35.4 Å². The maximum atomic E-state index is 12.6. The van der Waals surface area contributed by atoms with Crippen molar-refractivity contribution in [1.82, 2.24) is 10.1 Å². The number of benzene rings is 2. The summed E-state index contributed by atoms with van der Waals surface area (Å²) in [5.74, 6) is 2.40. The lowest BCUT2D eigenvalue weighted by Crippen LogP contribution is -2.27. The summed E-state index contributed by atoms with van der Waals surface area (Å²) in [5.41, 5.74) is 2.56. The molecular formula is C24H26N2O3. The van der Waals surface area contributed by atoms with Crippen LogP contribution in [-0.4, -0.2) is 36.2 Å². The molecule has 0 atom stereocenters. The predicted molar refractivity (Wildman–Crippen MR) is 112 cm³/mol. The average molecular weight is 390 g/mol. The first-order valence-corrected chi connectivity index (χ1v) is 10.2. The fourth-order valence-corrected chi connectivity index (χ4v) is 3.18. The van der Waals surface area contributed by atoms with Gasteiger partial charge in [0.25, 0.3) is 5.91 Å². The summed E-state index contributed by atoms with van der Waals surface area (Å²) in [5, 5.41) is 4.14. The van der Waals surface area contributed by atoms with Gasteiger partial charge < -0.3 is 14.2 Å². The molecule has 0 aliphatic heterocycles. The molecule has 1 aromatic heterocycles. The summed E-state index contributed by atoms with van der Waals surface area (Å²) in [6, 6.07) is 19.4. The number of rotatable bonds is 9. The summed E-state index contributed by atoms with van der Waals surface area (Å²) in [7, 11) is 1.83. The molecule has 1 aliphatic carbocycles. The Morgan fingerprint density at radius 3 is 2.62 bits per heavy atom. The first-order valence-electron chi connectivity index (χ1n) is 10.2. The molecule has 0 spiro atoms. The van der Waals surface area contributed by atoms with Crippen LogP contribution in [0.4, 0.5) is 0 Å². The monoisotopic (exact) mass is 390 g/mol. The Labute approximate surface area is 171 Å². The predicted octanol–water partition coefficient (Wildman–Crippen LogP) is 4.84. The molecule has 0 unspecified atom stereocenters. The minimum atomic E-state index is 0.0151. The van der Waals surface area contributed by atoms with Gasteiger partial charge in [-0.2, -0.15) is 0 Å². The van der Waals surface area contributed by atoms with Crippen LogP contribution in [-0.2, 0) is 6.42 Å². The number of aromatic nitrogens is 1. The van der Waals surface area contributed by atoms with Crippen molar-refractivity contribution in [2.24, 2.45) is 5.92 Å². The molecule has 1 fully saturated rings. The van der Waals surface area contributed by atoms with Crippen LogP contribution in [0.15, 0.2) is 65.2 Å². The Kier molecular flexibility index (Phi) is 5.94. The van der Waals surface area contributed by atoms with E-state index in [4.69, 9.17) is 9.26 Å². The van der Waals surface area contributed by atoms with Crippen molar-refractivity contribution in [3.8, 4) is 17.0 Å². The number of hydrogen-bond donors (Lipinski definition) is 0. The largest absolute Gasteiger partial charge is 0.493 e. The highest BCUT2D eigenvalue weighted by Gasteiger charge is 2.22. The number of nitrogens with zero attached hydrogens (tertiary/aromatic N) is 2. The van der Waals surface area contributed by atoms with E-state index < -0.39 is 0 Å². The lowest BCUT2D eigenvalue weighted by atomic mass is 10.1. The van der Waals surface area contributed by atoms with E-state index in [2.05, 4.69) is 5.16 Å². The van der Waals surface area contributed by atoms with Gasteiger partial charge in [-0.3, -0.25) is 4.79 Å². The highest BCUT2D eigenvalue weighted by Crippen LogP contribution is 2.29. The lowest BCUT2D eigenvalue weighted by Gasteiger charge is -2.17. The summed E-state index contributed by atoms with van der Waals surface area (Å²) >= 11 is 0. The molecular weight excluding hydrogens is 364 g/mol. The van der Waals surface area contributed by atoms with Crippen molar-refractivity contribution in [3.63, 3.8) is 0 Å². The van der Waals surface area contributed by atoms with Crippen molar-refractivity contribution in [2.75, 3.05) is 20.2 Å². The number of carbonyl (C=O) groups is 1. The number of ether oxygens (including phenoxy) is 1. The average Bonchev–Trinajstić information content (AvgIpc) is 3.48. The maximum Gasteiger partial charge on any atom is 0.253 e. The van der Waals surface area contributed by atoms with E-state index >= 15 is 0 Å². The molecule has 0 N–H and O–H groups in total. The second-order valence-corrected chi connectivity index (χ2v) is 7.65. The molecule has 0 bridgehead atoms. The second-order valence-electron chi connectivity index (χ2n) is 7.65. The van der Waals surface area contributed by atoms with Gasteiger partial charge in [-0.15, -0.1) is 0 Å². The van der Waals surface area contributed by atoms with Gasteiger partial charge in [0.1, 0.15) is 17.2 Å². The normalized spacial score (nSPS) is 13.3. The zero-order valence-electron chi connectivity index (χ0n) is 16.7. The Morgan fingerprint density at radius 2 is 1.90 bits per heavy atom. The van der Waals surface area contributed by atoms with Crippen molar-refractivity contribution >= 4 is 5.91 Å². The van der Waals surface area contributed by atoms with Crippen LogP contribution in [0.2, 0.25) is 0 Å². The van der Waals surface area contributed by atoms with Crippen molar-refractivity contribution in [3.05, 3.63) is 72.0 Å². The summed E-state index contributed by atoms with van der Waals surface area (Å²) in [4.78, 5) is 14.4. The number of hydrogen-bond acceptors (Lipinski definition) is 4. The molecule has 0 saturated heterocycles. The van der Waals surface area contributed by atoms with Crippen molar-refractivity contribution < 1.29 is 14.1 Å². The third-order valence-corrected chi connectivity index (χ3v) is 5.18. The molecule has 3 aromatic rings. The Balaban J connectivity index is 1.24. The Hall–Kier alpha value is -3.08. The van der Waals surface area contributed by atoms with Gasteiger partial charge in [0, 0.05) is 37.2 Å². The number of aryl methyl sites for hydroxylation is 1. The molecule has 4 rings (SSSR count). The van der Waals surface area contributed by atoms with Crippen molar-refractivity contribution in [2.45, 2.75) is 25.7 Å². The standard InChI is InChI=1S/C24H26N2O3/c1-26(24(27)20-11-13-21(14-12-20)28-17-18-9-10-18)15-5-8-22-16-23(25-29-22)19-6-3-2-4-7-19/h2-4,6-7,11-14,16,18H,5,8-10,15,17H2,1H3. The maximum absolute atomic E-state index is 12.6. The van der Waals surface area contributed by atoms with Crippen LogP contribution in [0.3, 0.4) is 0 Å². The lowest BCUT2D eigenvalue weighted by molar-refractivity contribution is 0.0793. The molecule has 1 saturated carbocycles. The van der Waals surface area contributed by atoms with E-state index in [1.807, 2.05) is 67.7 Å². The fraction of sp³-hybridized carbons (Fsp3) is 0.333. The van der Waals surface area contributed by atoms with Crippen LogP contribution in [0.25, 0.3) is 11.3 Å². The Bertz CT molecular complexity index is 930. The van der Waals surface area contributed by atoms with Gasteiger partial charge in [0.05, 0.1) is 6.61 Å². The van der Waals surface area contributed by atoms with Crippen LogP contribution < -0.4 is 4.74 Å². The first kappa shape index (κ1) is 19.2. The SMILES string of the molecule is CN(CCCc1cc(-c2ccccc2)no1)C(=O)c1ccc(OCC2CC2)cc1. The van der Waals surface area contributed by atoms with Crippen LogP contribution >= 0.6 is 0 Å². The third-order valence-electron chi connectivity index (χ3n) is 5.18. The van der Waals surface area contributed by atoms with E-state index in [0.717, 1.165) is 48.1 Å². The zero-order chi connectivity index (χ0) is 20.1. The van der Waals surface area contributed by atoms with Gasteiger partial charge in [-0.25, -0.2) is 0 Å². The first-order chi connectivity index (χ1) is 14.2. The van der Waals surface area contributed by atoms with Crippen molar-refractivity contribution in [1.29, 1.82) is 0 Å². The third kappa shape index (κ3) is 5.25. The highest BCUT2D eigenvalue weighted by atomic mass is 16.5. The highest BCUT2D eigenvalue weighted by molar-refractivity contribution is 5.94. The van der Waals surface area contributed by atoms with Crippen LogP contribution in [0.5, 0.6) is 5.75 Å². The molecule has 1 amide bonds. The summed E-state index contributed by atoms with van der Waals surface area (Å²) < 4.78 is 11.2. The van der Waals surface area contributed by atoms with Gasteiger partial charge in [-0.1, -0.05) is 35.5 Å². The molecule has 1 aliphatic rings. The van der Waals surface area contributed by atoms with E-state index in [1.54, 1.807) is 4.90 Å². The van der Waals surface area contributed by atoms with E-state index in [0.29, 0.717) is 12.1 Å². The van der Waals surface area contributed by atoms with E-state index in [1.165, 1.54) is 12.8 Å². The molecule has 2 aromatic carbocycles. The quantitative estimate of drug-likeness (QED) is 0.525. The molecule has 150 valence electrons. The van der Waals surface area contributed by atoms with E-state index in [-0.39, 0.29) is 5.91 Å². The topological polar surface area (TPSA) is 55.6 Å². The Morgan fingerprint density at radius 1 is 1.14 bits per heavy atom. The zero-order valence-corrected chi connectivity index (χ0v) is 16.7. The van der Waals surface area contributed by atoms with Gasteiger partial charge in [0.2, 0.25) is 0 Å². The van der Waals surface area contributed by atoms with E-state index in [9.17, 15) is 4.79 Å².